The number of hydrogen-bond acceptors (Lipinski definition) is 6. The summed E-state index contributed by atoms with van der Waals surface area (Å²) in [7, 11) is -3.48. The van der Waals surface area contributed by atoms with Crippen LogP contribution in [0.4, 0.5) is 5.69 Å². The Morgan fingerprint density at radius 1 is 1.03 bits per heavy atom. The van der Waals surface area contributed by atoms with Gasteiger partial charge in [0.25, 0.3) is 0 Å². The highest BCUT2D eigenvalue weighted by atomic mass is 32.2. The first kappa shape index (κ1) is 23.8. The van der Waals surface area contributed by atoms with Crippen molar-refractivity contribution < 1.29 is 13.2 Å². The zero-order valence-corrected chi connectivity index (χ0v) is 21.1. The van der Waals surface area contributed by atoms with Gasteiger partial charge in [-0.1, -0.05) is 36.4 Å². The lowest BCUT2D eigenvalue weighted by Crippen LogP contribution is -2.35. The first-order valence-electron chi connectivity index (χ1n) is 11.7. The fraction of sp³-hybridized carbons (Fsp3) is 0.320. The van der Waals surface area contributed by atoms with E-state index >= 15 is 0 Å². The number of carbonyl (C=O) groups excluding carboxylic acids is 1. The van der Waals surface area contributed by atoms with Crippen LogP contribution < -0.4 is 5.32 Å². The first-order chi connectivity index (χ1) is 16.9. The standard InChI is InChI=1S/C25H27N5O3S2/c1-18-17-23-27-28-25(30(23)22-8-4-3-7-21(18)22)34-16-13-24(31)26-19-9-11-20(12-10-19)35(32,33)29-14-5-2-6-15-29/h3-4,7-12,17H,2,5-6,13-16H2,1H3,(H,26,31). The summed E-state index contributed by atoms with van der Waals surface area (Å²) in [6, 6.07) is 16.5. The van der Waals surface area contributed by atoms with Gasteiger partial charge in [0.15, 0.2) is 10.8 Å². The highest BCUT2D eigenvalue weighted by Crippen LogP contribution is 2.26. The van der Waals surface area contributed by atoms with Gasteiger partial charge in [-0.25, -0.2) is 8.42 Å². The second kappa shape index (κ2) is 9.96. The van der Waals surface area contributed by atoms with E-state index in [0.717, 1.165) is 46.5 Å². The molecule has 10 heteroatoms. The lowest BCUT2D eigenvalue weighted by molar-refractivity contribution is -0.115. The van der Waals surface area contributed by atoms with Crippen molar-refractivity contribution in [1.29, 1.82) is 0 Å². The van der Waals surface area contributed by atoms with Crippen molar-refractivity contribution in [3.8, 4) is 0 Å². The summed E-state index contributed by atoms with van der Waals surface area (Å²) in [5.74, 6) is 0.398. The minimum Gasteiger partial charge on any atom is -0.326 e. The van der Waals surface area contributed by atoms with Gasteiger partial charge >= 0.3 is 0 Å². The number of amides is 1. The average molecular weight is 510 g/mol. The van der Waals surface area contributed by atoms with Crippen LogP contribution in [0.5, 0.6) is 0 Å². The average Bonchev–Trinajstić information content (AvgIpc) is 3.28. The van der Waals surface area contributed by atoms with Crippen LogP contribution in [0.15, 0.2) is 64.6 Å². The topological polar surface area (TPSA) is 96.7 Å². The van der Waals surface area contributed by atoms with Crippen molar-refractivity contribution in [1.82, 2.24) is 18.9 Å². The summed E-state index contributed by atoms with van der Waals surface area (Å²) in [5.41, 5.74) is 3.55. The number of thioether (sulfide) groups is 1. The Balaban J connectivity index is 1.20. The number of nitrogens with one attached hydrogen (secondary N) is 1. The van der Waals surface area contributed by atoms with Crippen molar-refractivity contribution in [2.24, 2.45) is 0 Å². The number of piperidine rings is 1. The number of nitrogens with zero attached hydrogens (tertiary/aromatic N) is 4. The van der Waals surface area contributed by atoms with E-state index in [4.69, 9.17) is 0 Å². The second-order valence-corrected chi connectivity index (χ2v) is 11.7. The third-order valence-corrected chi connectivity index (χ3v) is 9.07. The molecule has 8 nitrogen and oxygen atoms in total. The predicted octanol–water partition coefficient (Wildman–Crippen LogP) is 4.49. The number of benzene rings is 2. The highest BCUT2D eigenvalue weighted by Gasteiger charge is 2.25. The molecule has 1 aliphatic heterocycles. The van der Waals surface area contributed by atoms with E-state index in [1.807, 2.05) is 28.7 Å². The molecule has 5 rings (SSSR count). The van der Waals surface area contributed by atoms with E-state index in [1.54, 1.807) is 28.6 Å². The number of fused-ring (bicyclic) bond motifs is 3. The van der Waals surface area contributed by atoms with E-state index in [-0.39, 0.29) is 17.2 Å². The van der Waals surface area contributed by atoms with Crippen molar-refractivity contribution in [2.75, 3.05) is 24.2 Å². The van der Waals surface area contributed by atoms with Crippen LogP contribution in [0.2, 0.25) is 0 Å². The number of pyridine rings is 1. The van der Waals surface area contributed by atoms with Gasteiger partial charge in [-0.05, 0) is 61.7 Å². The maximum atomic E-state index is 12.8. The molecule has 0 radical (unpaired) electrons. The monoisotopic (exact) mass is 509 g/mol. The highest BCUT2D eigenvalue weighted by molar-refractivity contribution is 7.99. The van der Waals surface area contributed by atoms with Crippen LogP contribution in [0, 0.1) is 6.92 Å². The molecule has 0 bridgehead atoms. The van der Waals surface area contributed by atoms with Gasteiger partial charge in [0.1, 0.15) is 0 Å². The Labute approximate surface area is 208 Å². The Bertz CT molecular complexity index is 1480. The molecule has 0 atom stereocenters. The SMILES string of the molecule is Cc1cc2nnc(SCCC(=O)Nc3ccc(S(=O)(=O)N4CCCCC4)cc3)n2c2ccccc12. The summed E-state index contributed by atoms with van der Waals surface area (Å²) in [6.45, 7) is 3.19. The minimum atomic E-state index is -3.48. The van der Waals surface area contributed by atoms with Crippen LogP contribution >= 0.6 is 11.8 Å². The second-order valence-electron chi connectivity index (χ2n) is 8.66. The number of aromatic nitrogens is 3. The summed E-state index contributed by atoms with van der Waals surface area (Å²) in [6.07, 6.45) is 3.15. The van der Waals surface area contributed by atoms with Gasteiger partial charge in [0.2, 0.25) is 15.9 Å². The third-order valence-electron chi connectivity index (χ3n) is 6.22. The molecule has 1 N–H and O–H groups in total. The predicted molar refractivity (Wildman–Crippen MR) is 138 cm³/mol. The molecule has 1 amide bonds. The first-order valence-corrected chi connectivity index (χ1v) is 14.1. The number of rotatable bonds is 7. The third kappa shape index (κ3) is 4.91. The van der Waals surface area contributed by atoms with Gasteiger partial charge in [-0.2, -0.15) is 4.31 Å². The molecule has 1 aliphatic rings. The number of sulfonamides is 1. The molecular weight excluding hydrogens is 482 g/mol. The Kier molecular flexibility index (Phi) is 6.77. The fourth-order valence-electron chi connectivity index (χ4n) is 4.39. The number of hydrogen-bond donors (Lipinski definition) is 1. The van der Waals surface area contributed by atoms with Crippen molar-refractivity contribution in [3.05, 3.63) is 60.2 Å². The maximum Gasteiger partial charge on any atom is 0.243 e. The van der Waals surface area contributed by atoms with Gasteiger partial charge in [0.05, 0.1) is 10.4 Å². The van der Waals surface area contributed by atoms with Gasteiger partial charge < -0.3 is 5.32 Å². The molecule has 1 saturated heterocycles. The van der Waals surface area contributed by atoms with Crippen LogP contribution in [-0.2, 0) is 14.8 Å². The van der Waals surface area contributed by atoms with Crippen LogP contribution in [-0.4, -0.2) is 52.1 Å². The molecule has 3 heterocycles. The normalized spacial score (nSPS) is 15.0. The maximum absolute atomic E-state index is 12.8. The van der Waals surface area contributed by atoms with Gasteiger partial charge in [0, 0.05) is 36.3 Å². The summed E-state index contributed by atoms with van der Waals surface area (Å²) >= 11 is 1.48. The van der Waals surface area contributed by atoms with Crippen molar-refractivity contribution in [2.45, 2.75) is 42.7 Å². The molecule has 0 aliphatic carbocycles. The fourth-order valence-corrected chi connectivity index (χ4v) is 6.80. The molecule has 2 aromatic heterocycles. The van der Waals surface area contributed by atoms with Crippen molar-refractivity contribution >= 4 is 49.9 Å². The quantitative estimate of drug-likeness (QED) is 0.369. The summed E-state index contributed by atoms with van der Waals surface area (Å²) < 4.78 is 29.1. The molecule has 35 heavy (non-hydrogen) atoms. The lowest BCUT2D eigenvalue weighted by Gasteiger charge is -2.25. The van der Waals surface area contributed by atoms with Crippen molar-refractivity contribution in [3.63, 3.8) is 0 Å². The van der Waals surface area contributed by atoms with E-state index in [1.165, 1.54) is 11.8 Å². The number of aryl methyl sites for hydroxylation is 1. The number of para-hydroxylation sites is 1. The Morgan fingerprint density at radius 3 is 2.54 bits per heavy atom. The summed E-state index contributed by atoms with van der Waals surface area (Å²) in [5, 5.41) is 13.4. The van der Waals surface area contributed by atoms with Crippen LogP contribution in [0.25, 0.3) is 16.6 Å². The number of anilines is 1. The largest absolute Gasteiger partial charge is 0.326 e. The Hall–Kier alpha value is -2.95. The minimum absolute atomic E-state index is 0.140. The summed E-state index contributed by atoms with van der Waals surface area (Å²) in [4.78, 5) is 12.8. The zero-order chi connectivity index (χ0) is 24.4. The van der Waals surface area contributed by atoms with E-state index in [0.29, 0.717) is 24.5 Å². The molecule has 1 fully saturated rings. The smallest absolute Gasteiger partial charge is 0.243 e. The molecule has 0 spiro atoms. The van der Waals surface area contributed by atoms with Crippen LogP contribution in [0.3, 0.4) is 0 Å². The Morgan fingerprint density at radius 2 is 1.77 bits per heavy atom. The van der Waals surface area contributed by atoms with E-state index < -0.39 is 10.0 Å². The molecule has 0 saturated carbocycles. The lowest BCUT2D eigenvalue weighted by atomic mass is 10.1. The van der Waals surface area contributed by atoms with Gasteiger partial charge in [-0.15, -0.1) is 10.2 Å². The van der Waals surface area contributed by atoms with Crippen LogP contribution in [0.1, 0.15) is 31.2 Å². The molecular formula is C25H27N5O3S2. The zero-order valence-electron chi connectivity index (χ0n) is 19.5. The molecule has 182 valence electrons. The number of carbonyl (C=O) groups is 1. The van der Waals surface area contributed by atoms with Gasteiger partial charge in [-0.3, -0.25) is 9.20 Å². The molecule has 0 unspecified atom stereocenters. The molecule has 2 aromatic carbocycles. The van der Waals surface area contributed by atoms with E-state index in [9.17, 15) is 13.2 Å². The molecule has 4 aromatic rings. The van der Waals surface area contributed by atoms with E-state index in [2.05, 4.69) is 28.5 Å².